The Morgan fingerprint density at radius 2 is 2.13 bits per heavy atom. The van der Waals surface area contributed by atoms with Gasteiger partial charge in [0.05, 0.1) is 5.69 Å². The van der Waals surface area contributed by atoms with E-state index in [1.54, 1.807) is 0 Å². The van der Waals surface area contributed by atoms with E-state index in [1.807, 2.05) is 6.92 Å². The summed E-state index contributed by atoms with van der Waals surface area (Å²) in [5.74, 6) is 0. The summed E-state index contributed by atoms with van der Waals surface area (Å²) >= 11 is 1.37. The number of rotatable bonds is 2. The molecule has 0 radical (unpaired) electrons. The van der Waals surface area contributed by atoms with Gasteiger partial charge < -0.3 is 5.43 Å². The van der Waals surface area contributed by atoms with Crippen molar-refractivity contribution in [1.82, 2.24) is 9.38 Å². The maximum absolute atomic E-state index is 8.98. The summed E-state index contributed by atoms with van der Waals surface area (Å²) in [6, 6.07) is 2.19. The normalized spacial score (nSPS) is 17.3. The van der Waals surface area contributed by atoms with Gasteiger partial charge in [0.25, 0.3) is 0 Å². The summed E-state index contributed by atoms with van der Waals surface area (Å²) in [5.41, 5.74) is 4.80. The quantitative estimate of drug-likeness (QED) is 0.833. The monoisotopic (exact) mass is 222 g/mol. The number of anilines is 1. The number of nitriles is 1. The fourth-order valence-corrected chi connectivity index (χ4v) is 2.50. The maximum atomic E-state index is 8.98. The third kappa shape index (κ3) is 2.28. The molecule has 0 aromatic carbocycles. The zero-order valence-electron chi connectivity index (χ0n) is 8.79. The van der Waals surface area contributed by atoms with Gasteiger partial charge in [-0.3, -0.25) is 0 Å². The van der Waals surface area contributed by atoms with E-state index >= 15 is 0 Å². The molecule has 1 aliphatic rings. The van der Waals surface area contributed by atoms with E-state index in [0.29, 0.717) is 5.56 Å². The molecular formula is C10H14N4S. The van der Waals surface area contributed by atoms with E-state index in [1.165, 1.54) is 30.8 Å². The van der Waals surface area contributed by atoms with Gasteiger partial charge in [-0.15, -0.1) is 0 Å². The average Bonchev–Trinajstić information content (AvgIpc) is 2.61. The number of hydrogen-bond acceptors (Lipinski definition) is 5. The molecule has 2 rings (SSSR count). The molecule has 4 nitrogen and oxygen atoms in total. The van der Waals surface area contributed by atoms with Crippen LogP contribution in [0.15, 0.2) is 0 Å². The summed E-state index contributed by atoms with van der Waals surface area (Å²) in [6.07, 6.45) is 3.77. The van der Waals surface area contributed by atoms with Crippen LogP contribution in [0, 0.1) is 18.3 Å². The Labute approximate surface area is 93.7 Å². The minimum atomic E-state index is 0.686. The highest BCUT2D eigenvalue weighted by Gasteiger charge is 2.14. The summed E-state index contributed by atoms with van der Waals surface area (Å²) in [7, 11) is 0. The lowest BCUT2D eigenvalue weighted by atomic mass is 10.2. The molecule has 1 aliphatic heterocycles. The Morgan fingerprint density at radius 1 is 1.40 bits per heavy atom. The molecule has 0 aliphatic carbocycles. The minimum absolute atomic E-state index is 0.686. The zero-order chi connectivity index (χ0) is 10.7. The number of nitrogens with one attached hydrogen (secondary N) is 1. The van der Waals surface area contributed by atoms with E-state index in [-0.39, 0.29) is 0 Å². The van der Waals surface area contributed by atoms with Crippen LogP contribution < -0.4 is 5.43 Å². The zero-order valence-corrected chi connectivity index (χ0v) is 9.60. The number of hydrogen-bond donors (Lipinski definition) is 1. The summed E-state index contributed by atoms with van der Waals surface area (Å²) in [5, 5.41) is 12.0. The third-order valence-electron chi connectivity index (χ3n) is 2.59. The highest BCUT2D eigenvalue weighted by Crippen LogP contribution is 2.24. The van der Waals surface area contributed by atoms with Crippen LogP contribution in [0.3, 0.4) is 0 Å². The Balaban J connectivity index is 2.06. The van der Waals surface area contributed by atoms with Crippen LogP contribution in [-0.2, 0) is 0 Å². The van der Waals surface area contributed by atoms with Gasteiger partial charge in [0.15, 0.2) is 0 Å². The first-order valence-corrected chi connectivity index (χ1v) is 5.96. The van der Waals surface area contributed by atoms with Gasteiger partial charge in [-0.2, -0.15) is 9.64 Å². The molecule has 15 heavy (non-hydrogen) atoms. The van der Waals surface area contributed by atoms with Crippen molar-refractivity contribution in [3.63, 3.8) is 0 Å². The van der Waals surface area contributed by atoms with Crippen molar-refractivity contribution in [2.24, 2.45) is 0 Å². The Bertz CT molecular complexity index is 373. The molecule has 1 saturated heterocycles. The molecule has 0 bridgehead atoms. The molecule has 2 heterocycles. The molecule has 1 aromatic heterocycles. The lowest BCUT2D eigenvalue weighted by Crippen LogP contribution is -2.34. The molecular weight excluding hydrogens is 208 g/mol. The van der Waals surface area contributed by atoms with Crippen molar-refractivity contribution in [1.29, 1.82) is 5.26 Å². The van der Waals surface area contributed by atoms with Crippen LogP contribution >= 0.6 is 11.5 Å². The minimum Gasteiger partial charge on any atom is -0.308 e. The van der Waals surface area contributed by atoms with Crippen molar-refractivity contribution in [2.75, 3.05) is 18.5 Å². The van der Waals surface area contributed by atoms with Crippen LogP contribution in [0.5, 0.6) is 0 Å². The van der Waals surface area contributed by atoms with Crippen molar-refractivity contribution in [2.45, 2.75) is 26.2 Å². The molecule has 1 N–H and O–H groups in total. The van der Waals surface area contributed by atoms with Gasteiger partial charge >= 0.3 is 0 Å². The summed E-state index contributed by atoms with van der Waals surface area (Å²) < 4.78 is 4.18. The van der Waals surface area contributed by atoms with Crippen LogP contribution in [0.25, 0.3) is 0 Å². The first-order valence-electron chi connectivity index (χ1n) is 5.19. The molecule has 80 valence electrons. The van der Waals surface area contributed by atoms with Gasteiger partial charge in [0.1, 0.15) is 16.6 Å². The first kappa shape index (κ1) is 10.4. The molecule has 0 amide bonds. The van der Waals surface area contributed by atoms with Gasteiger partial charge in [0, 0.05) is 13.1 Å². The Kier molecular flexibility index (Phi) is 3.19. The van der Waals surface area contributed by atoms with E-state index in [4.69, 9.17) is 5.26 Å². The second kappa shape index (κ2) is 4.60. The molecule has 1 fully saturated rings. The average molecular weight is 222 g/mol. The highest BCUT2D eigenvalue weighted by atomic mass is 32.1. The largest absolute Gasteiger partial charge is 0.308 e. The van der Waals surface area contributed by atoms with Crippen molar-refractivity contribution < 1.29 is 0 Å². The summed E-state index contributed by atoms with van der Waals surface area (Å²) in [6.45, 7) is 3.99. The Morgan fingerprint density at radius 3 is 2.80 bits per heavy atom. The van der Waals surface area contributed by atoms with Gasteiger partial charge in [0.2, 0.25) is 0 Å². The smallest absolute Gasteiger partial charge is 0.142 e. The highest BCUT2D eigenvalue weighted by molar-refractivity contribution is 7.10. The Hall–Kier alpha value is -1.12. The van der Waals surface area contributed by atoms with Crippen LogP contribution in [0.1, 0.15) is 30.5 Å². The van der Waals surface area contributed by atoms with E-state index in [0.717, 1.165) is 23.8 Å². The number of aryl methyl sites for hydroxylation is 1. The molecule has 1 aromatic rings. The molecule has 5 heteroatoms. The third-order valence-corrected chi connectivity index (χ3v) is 3.43. The van der Waals surface area contributed by atoms with E-state index < -0.39 is 0 Å². The van der Waals surface area contributed by atoms with Gasteiger partial charge in [-0.1, -0.05) is 6.42 Å². The van der Waals surface area contributed by atoms with Crippen molar-refractivity contribution >= 4 is 16.5 Å². The lowest BCUT2D eigenvalue weighted by molar-refractivity contribution is 0.274. The number of nitrogens with zero attached hydrogens (tertiary/aromatic N) is 3. The van der Waals surface area contributed by atoms with Crippen molar-refractivity contribution in [3.8, 4) is 6.07 Å². The molecule has 0 unspecified atom stereocenters. The topological polar surface area (TPSA) is 52.0 Å². The fraction of sp³-hybridized carbons (Fsp3) is 0.600. The fourth-order valence-electron chi connectivity index (χ4n) is 1.73. The van der Waals surface area contributed by atoms with Crippen LogP contribution in [0.2, 0.25) is 0 Å². The predicted octanol–water partition coefficient (Wildman–Crippen LogP) is 2.14. The SMILES string of the molecule is Cc1nsc(NN2CCCCC2)c1C#N. The standard InChI is InChI=1S/C10H14N4S/c1-8-9(7-11)10(15-13-8)12-14-5-3-2-4-6-14/h12H,2-6H2,1H3. The van der Waals surface area contributed by atoms with Crippen LogP contribution in [0.4, 0.5) is 5.00 Å². The van der Waals surface area contributed by atoms with Crippen LogP contribution in [-0.4, -0.2) is 22.5 Å². The van der Waals surface area contributed by atoms with Crippen molar-refractivity contribution in [3.05, 3.63) is 11.3 Å². The van der Waals surface area contributed by atoms with E-state index in [2.05, 4.69) is 20.9 Å². The number of hydrazine groups is 1. The second-order valence-corrected chi connectivity index (χ2v) is 4.52. The number of aromatic nitrogens is 1. The lowest BCUT2D eigenvalue weighted by Gasteiger charge is -2.26. The number of piperidine rings is 1. The molecule has 0 saturated carbocycles. The molecule has 0 spiro atoms. The second-order valence-electron chi connectivity index (χ2n) is 3.74. The summed E-state index contributed by atoms with van der Waals surface area (Å²) in [4.78, 5) is 0. The van der Waals surface area contributed by atoms with Gasteiger partial charge in [-0.05, 0) is 31.3 Å². The maximum Gasteiger partial charge on any atom is 0.142 e. The van der Waals surface area contributed by atoms with E-state index in [9.17, 15) is 0 Å². The first-order chi connectivity index (χ1) is 7.31. The van der Waals surface area contributed by atoms with Gasteiger partial charge in [-0.25, -0.2) is 5.01 Å². The predicted molar refractivity (Wildman–Crippen MR) is 60.6 cm³/mol. The molecule has 0 atom stereocenters.